The summed E-state index contributed by atoms with van der Waals surface area (Å²) in [4.78, 5) is 0. The molecule has 0 aliphatic carbocycles. The number of hydrogen-bond donors (Lipinski definition) is 2. The Kier molecular flexibility index (Phi) is 7.79. The summed E-state index contributed by atoms with van der Waals surface area (Å²) in [6.07, 6.45) is 0. The fourth-order valence-corrected chi connectivity index (χ4v) is 1.76. The predicted octanol–water partition coefficient (Wildman–Crippen LogP) is 0.811. The Labute approximate surface area is 119 Å². The van der Waals surface area contributed by atoms with Gasteiger partial charge >= 0.3 is 0 Å². The third-order valence-corrected chi connectivity index (χ3v) is 2.76. The highest BCUT2D eigenvalue weighted by Gasteiger charge is 2.11. The Balaban J connectivity index is 2.59. The van der Waals surface area contributed by atoms with Crippen molar-refractivity contribution in [3.05, 3.63) is 17.7 Å². The van der Waals surface area contributed by atoms with E-state index >= 15 is 0 Å². The number of aliphatic hydroxyl groups excluding tert-OH is 1. The van der Waals surface area contributed by atoms with Crippen LogP contribution in [0.25, 0.3) is 0 Å². The van der Waals surface area contributed by atoms with Gasteiger partial charge in [-0.15, -0.1) is 0 Å². The highest BCUT2D eigenvalue weighted by atomic mass is 16.5. The highest BCUT2D eigenvalue weighted by Crippen LogP contribution is 2.34. The second-order valence-electron chi connectivity index (χ2n) is 4.03. The summed E-state index contributed by atoms with van der Waals surface area (Å²) in [5, 5.41) is 11.8. The van der Waals surface area contributed by atoms with E-state index in [1.54, 1.807) is 27.4 Å². The number of nitrogens with one attached hydrogen (secondary N) is 1. The van der Waals surface area contributed by atoms with Gasteiger partial charge in [-0.3, -0.25) is 0 Å². The van der Waals surface area contributed by atoms with Crippen molar-refractivity contribution in [1.82, 2.24) is 5.32 Å². The molecule has 6 heteroatoms. The Morgan fingerprint density at radius 3 is 2.20 bits per heavy atom. The van der Waals surface area contributed by atoms with Crippen LogP contribution in [0.2, 0.25) is 0 Å². The van der Waals surface area contributed by atoms with Crippen LogP contribution in [-0.2, 0) is 11.3 Å². The standard InChI is InChI=1S/C14H23NO5/c1-17-12-9-14(19-3)13(18-2)8-11(12)10-15-4-6-20-7-5-16/h8-9,15-16H,4-7,10H2,1-3H3. The molecule has 1 rings (SSSR count). The quantitative estimate of drug-likeness (QED) is 0.620. The van der Waals surface area contributed by atoms with Gasteiger partial charge in [0.05, 0.1) is 41.2 Å². The van der Waals surface area contributed by atoms with E-state index in [-0.39, 0.29) is 6.61 Å². The summed E-state index contributed by atoms with van der Waals surface area (Å²) in [7, 11) is 4.81. The van der Waals surface area contributed by atoms with Crippen molar-refractivity contribution in [2.45, 2.75) is 6.54 Å². The zero-order valence-electron chi connectivity index (χ0n) is 12.3. The van der Waals surface area contributed by atoms with Crippen LogP contribution in [0.1, 0.15) is 5.56 Å². The van der Waals surface area contributed by atoms with Crippen LogP contribution in [0.3, 0.4) is 0 Å². The van der Waals surface area contributed by atoms with E-state index in [0.29, 0.717) is 37.8 Å². The molecule has 0 radical (unpaired) electrons. The third kappa shape index (κ3) is 4.88. The van der Waals surface area contributed by atoms with E-state index < -0.39 is 0 Å². The molecule has 0 amide bonds. The molecule has 0 bridgehead atoms. The van der Waals surface area contributed by atoms with Gasteiger partial charge < -0.3 is 29.4 Å². The lowest BCUT2D eigenvalue weighted by Crippen LogP contribution is -2.20. The Bertz CT molecular complexity index is 397. The fraction of sp³-hybridized carbons (Fsp3) is 0.571. The largest absolute Gasteiger partial charge is 0.496 e. The molecule has 20 heavy (non-hydrogen) atoms. The van der Waals surface area contributed by atoms with Gasteiger partial charge in [0, 0.05) is 24.7 Å². The lowest BCUT2D eigenvalue weighted by Gasteiger charge is -2.14. The molecule has 0 atom stereocenters. The average Bonchev–Trinajstić information content (AvgIpc) is 2.49. The second-order valence-corrected chi connectivity index (χ2v) is 4.03. The summed E-state index contributed by atoms with van der Waals surface area (Å²) in [5.41, 5.74) is 0.979. The van der Waals surface area contributed by atoms with E-state index in [2.05, 4.69) is 5.32 Å². The summed E-state index contributed by atoms with van der Waals surface area (Å²) < 4.78 is 21.0. The molecule has 114 valence electrons. The average molecular weight is 285 g/mol. The zero-order valence-corrected chi connectivity index (χ0v) is 12.3. The Morgan fingerprint density at radius 1 is 0.950 bits per heavy atom. The molecule has 0 spiro atoms. The minimum atomic E-state index is 0.0451. The normalized spacial score (nSPS) is 10.4. The van der Waals surface area contributed by atoms with Gasteiger partial charge in [0.1, 0.15) is 5.75 Å². The van der Waals surface area contributed by atoms with Gasteiger partial charge in [0.25, 0.3) is 0 Å². The van der Waals surface area contributed by atoms with E-state index in [4.69, 9.17) is 24.1 Å². The molecule has 6 nitrogen and oxygen atoms in total. The van der Waals surface area contributed by atoms with Gasteiger partial charge in [0.15, 0.2) is 11.5 Å². The van der Waals surface area contributed by atoms with Crippen LogP contribution in [0.15, 0.2) is 12.1 Å². The predicted molar refractivity (Wildman–Crippen MR) is 75.7 cm³/mol. The second kappa shape index (κ2) is 9.41. The van der Waals surface area contributed by atoms with Crippen molar-refractivity contribution >= 4 is 0 Å². The summed E-state index contributed by atoms with van der Waals surface area (Å²) in [5.74, 6) is 2.05. The Hall–Kier alpha value is -1.50. The van der Waals surface area contributed by atoms with Crippen LogP contribution >= 0.6 is 0 Å². The molecule has 0 unspecified atom stereocenters. The molecule has 2 N–H and O–H groups in total. The molecule has 0 heterocycles. The van der Waals surface area contributed by atoms with Gasteiger partial charge in [0.2, 0.25) is 0 Å². The van der Waals surface area contributed by atoms with Gasteiger partial charge in [-0.1, -0.05) is 0 Å². The number of benzene rings is 1. The zero-order chi connectivity index (χ0) is 14.8. The lowest BCUT2D eigenvalue weighted by molar-refractivity contribution is 0.0937. The summed E-state index contributed by atoms with van der Waals surface area (Å²) >= 11 is 0. The van der Waals surface area contributed by atoms with E-state index in [9.17, 15) is 0 Å². The van der Waals surface area contributed by atoms with E-state index in [0.717, 1.165) is 11.3 Å². The van der Waals surface area contributed by atoms with Crippen LogP contribution in [0, 0.1) is 0 Å². The molecule has 0 saturated carbocycles. The maximum absolute atomic E-state index is 8.59. The molecule has 1 aromatic rings. The van der Waals surface area contributed by atoms with Crippen molar-refractivity contribution in [1.29, 1.82) is 0 Å². The molecule has 0 saturated heterocycles. The maximum Gasteiger partial charge on any atom is 0.164 e. The molecule has 0 aliphatic heterocycles. The number of aliphatic hydroxyl groups is 1. The van der Waals surface area contributed by atoms with Crippen molar-refractivity contribution < 1.29 is 24.1 Å². The lowest BCUT2D eigenvalue weighted by atomic mass is 10.1. The van der Waals surface area contributed by atoms with Crippen molar-refractivity contribution in [3.63, 3.8) is 0 Å². The SMILES string of the molecule is COc1cc(OC)c(OC)cc1CNCCOCCO. The smallest absolute Gasteiger partial charge is 0.164 e. The molecule has 1 aromatic carbocycles. The van der Waals surface area contributed by atoms with Crippen LogP contribution < -0.4 is 19.5 Å². The monoisotopic (exact) mass is 285 g/mol. The first-order valence-corrected chi connectivity index (χ1v) is 6.45. The molecular weight excluding hydrogens is 262 g/mol. The maximum atomic E-state index is 8.59. The minimum Gasteiger partial charge on any atom is -0.496 e. The van der Waals surface area contributed by atoms with Gasteiger partial charge in [-0.2, -0.15) is 0 Å². The van der Waals surface area contributed by atoms with Crippen LogP contribution in [0.5, 0.6) is 17.2 Å². The summed E-state index contributed by atoms with van der Waals surface area (Å²) in [6.45, 7) is 2.28. The highest BCUT2D eigenvalue weighted by molar-refractivity contribution is 5.50. The number of methoxy groups -OCH3 is 3. The minimum absolute atomic E-state index is 0.0451. The van der Waals surface area contributed by atoms with Crippen molar-refractivity contribution in [2.75, 3.05) is 47.7 Å². The van der Waals surface area contributed by atoms with E-state index in [1.807, 2.05) is 6.07 Å². The summed E-state index contributed by atoms with van der Waals surface area (Å²) in [6, 6.07) is 3.69. The first kappa shape index (κ1) is 16.6. The fourth-order valence-electron chi connectivity index (χ4n) is 1.76. The first-order chi connectivity index (χ1) is 9.76. The number of rotatable bonds is 10. The van der Waals surface area contributed by atoms with Gasteiger partial charge in [-0.25, -0.2) is 0 Å². The van der Waals surface area contributed by atoms with Crippen LogP contribution in [0.4, 0.5) is 0 Å². The molecule has 0 aromatic heterocycles. The molecule has 0 aliphatic rings. The topological polar surface area (TPSA) is 69.2 Å². The number of hydrogen-bond acceptors (Lipinski definition) is 6. The van der Waals surface area contributed by atoms with Crippen molar-refractivity contribution in [2.24, 2.45) is 0 Å². The van der Waals surface area contributed by atoms with E-state index in [1.165, 1.54) is 0 Å². The molecule has 0 fully saturated rings. The number of ether oxygens (including phenoxy) is 4. The third-order valence-electron chi connectivity index (χ3n) is 2.76. The van der Waals surface area contributed by atoms with Crippen LogP contribution in [-0.4, -0.2) is 52.8 Å². The Morgan fingerprint density at radius 2 is 1.60 bits per heavy atom. The van der Waals surface area contributed by atoms with Crippen molar-refractivity contribution in [3.8, 4) is 17.2 Å². The molecular formula is C14H23NO5. The van der Waals surface area contributed by atoms with Gasteiger partial charge in [-0.05, 0) is 6.07 Å². The first-order valence-electron chi connectivity index (χ1n) is 6.45.